The molecule has 1 saturated carbocycles. The minimum absolute atomic E-state index is 0.0145. The van der Waals surface area contributed by atoms with Crippen molar-refractivity contribution in [3.8, 4) is 6.07 Å². The predicted molar refractivity (Wildman–Crippen MR) is 97.5 cm³/mol. The second kappa shape index (κ2) is 10.4. The second-order valence-corrected chi connectivity index (χ2v) is 8.08. The lowest BCUT2D eigenvalue weighted by Gasteiger charge is -2.40. The average Bonchev–Trinajstić information content (AvgIpc) is 2.63. The van der Waals surface area contributed by atoms with Crippen LogP contribution in [0.4, 0.5) is 0 Å². The zero-order chi connectivity index (χ0) is 17.3. The highest BCUT2D eigenvalue weighted by Gasteiger charge is 2.39. The number of rotatable bonds is 9. The Kier molecular flexibility index (Phi) is 8.56. The van der Waals surface area contributed by atoms with Gasteiger partial charge in [0.2, 0.25) is 0 Å². The molecule has 1 heterocycles. The molecule has 0 aromatic carbocycles. The number of ether oxygens (including phenoxy) is 2. The molecule has 1 aliphatic heterocycles. The van der Waals surface area contributed by atoms with Gasteiger partial charge in [0.1, 0.15) is 0 Å². The van der Waals surface area contributed by atoms with Gasteiger partial charge in [-0.25, -0.2) is 0 Å². The van der Waals surface area contributed by atoms with Gasteiger partial charge in [-0.15, -0.1) is 0 Å². The maximum atomic E-state index is 9.72. The molecule has 0 N–H and O–H groups in total. The third kappa shape index (κ3) is 5.74. The van der Waals surface area contributed by atoms with Crippen LogP contribution in [0, 0.1) is 28.6 Å². The number of hydrogen-bond donors (Lipinski definition) is 0. The number of unbranched alkanes of at least 4 members (excludes halogenated alkanes) is 4. The number of nitrogens with zero attached hydrogens (tertiary/aromatic N) is 1. The summed E-state index contributed by atoms with van der Waals surface area (Å²) in [6.07, 6.45) is 14.2. The molecule has 1 aliphatic carbocycles. The fourth-order valence-electron chi connectivity index (χ4n) is 4.35. The van der Waals surface area contributed by atoms with Gasteiger partial charge >= 0.3 is 0 Å². The molecule has 3 nitrogen and oxygen atoms in total. The summed E-state index contributed by atoms with van der Waals surface area (Å²) in [4.78, 5) is 0. The van der Waals surface area contributed by atoms with E-state index in [1.807, 2.05) is 0 Å². The minimum atomic E-state index is -0.0673. The zero-order valence-corrected chi connectivity index (χ0v) is 15.9. The summed E-state index contributed by atoms with van der Waals surface area (Å²) in [7, 11) is 0. The van der Waals surface area contributed by atoms with Gasteiger partial charge in [0.15, 0.2) is 6.29 Å². The Labute approximate surface area is 149 Å². The Bertz CT molecular complexity index is 374. The van der Waals surface area contributed by atoms with Gasteiger partial charge in [0.25, 0.3) is 0 Å². The molecule has 2 aliphatic rings. The molecular formula is C21H37NO2. The first-order valence-electron chi connectivity index (χ1n) is 10.4. The van der Waals surface area contributed by atoms with Gasteiger partial charge in [-0.3, -0.25) is 0 Å². The molecule has 0 bridgehead atoms. The summed E-state index contributed by atoms with van der Waals surface area (Å²) in [6, 6.07) is 2.67. The fourth-order valence-corrected chi connectivity index (χ4v) is 4.35. The Hall–Kier alpha value is -0.590. The molecule has 138 valence electrons. The van der Waals surface area contributed by atoms with E-state index in [4.69, 9.17) is 9.47 Å². The number of hydrogen-bond acceptors (Lipinski definition) is 3. The summed E-state index contributed by atoms with van der Waals surface area (Å²) in [6.45, 7) is 6.18. The highest BCUT2D eigenvalue weighted by Crippen LogP contribution is 2.44. The van der Waals surface area contributed by atoms with Gasteiger partial charge in [0.05, 0.1) is 24.7 Å². The molecule has 1 saturated heterocycles. The number of nitriles is 1. The van der Waals surface area contributed by atoms with E-state index in [0.717, 1.165) is 45.3 Å². The van der Waals surface area contributed by atoms with Crippen molar-refractivity contribution >= 4 is 0 Å². The lowest BCUT2D eigenvalue weighted by atomic mass is 9.68. The smallest absolute Gasteiger partial charge is 0.160 e. The molecule has 24 heavy (non-hydrogen) atoms. The standard InChI is InChI=1S/C21H37NO2/c1-3-5-6-7-8-12-21(17-22)13-10-19(11-14-21)20-23-15-18(9-4-2)16-24-20/h18-20H,3-16H2,1-2H3/t18?,19-,20?,21+. The van der Waals surface area contributed by atoms with E-state index in [2.05, 4.69) is 19.9 Å². The maximum Gasteiger partial charge on any atom is 0.160 e. The van der Waals surface area contributed by atoms with E-state index in [9.17, 15) is 5.26 Å². The van der Waals surface area contributed by atoms with Crippen molar-refractivity contribution in [3.05, 3.63) is 0 Å². The molecule has 0 atom stereocenters. The van der Waals surface area contributed by atoms with Crippen molar-refractivity contribution in [2.45, 2.75) is 97.2 Å². The van der Waals surface area contributed by atoms with Crippen LogP contribution in [0.2, 0.25) is 0 Å². The molecular weight excluding hydrogens is 298 g/mol. The quantitative estimate of drug-likeness (QED) is 0.497. The van der Waals surface area contributed by atoms with Crippen molar-refractivity contribution in [3.63, 3.8) is 0 Å². The van der Waals surface area contributed by atoms with Crippen LogP contribution in [-0.4, -0.2) is 19.5 Å². The highest BCUT2D eigenvalue weighted by atomic mass is 16.7. The van der Waals surface area contributed by atoms with Crippen LogP contribution in [0.15, 0.2) is 0 Å². The van der Waals surface area contributed by atoms with E-state index in [1.165, 1.54) is 44.9 Å². The van der Waals surface area contributed by atoms with E-state index >= 15 is 0 Å². The second-order valence-electron chi connectivity index (χ2n) is 8.08. The molecule has 2 fully saturated rings. The molecule has 3 heteroatoms. The first-order valence-corrected chi connectivity index (χ1v) is 10.4. The van der Waals surface area contributed by atoms with E-state index < -0.39 is 0 Å². The maximum absolute atomic E-state index is 9.72. The first-order chi connectivity index (χ1) is 11.7. The van der Waals surface area contributed by atoms with Crippen LogP contribution in [0.5, 0.6) is 0 Å². The molecule has 0 aromatic rings. The van der Waals surface area contributed by atoms with E-state index in [-0.39, 0.29) is 11.7 Å². The van der Waals surface area contributed by atoms with Crippen molar-refractivity contribution in [1.82, 2.24) is 0 Å². The molecule has 2 rings (SSSR count). The summed E-state index contributed by atoms with van der Waals surface area (Å²) < 4.78 is 12.0. The Morgan fingerprint density at radius 1 is 0.958 bits per heavy atom. The first kappa shape index (κ1) is 19.7. The monoisotopic (exact) mass is 335 g/mol. The third-order valence-corrected chi connectivity index (χ3v) is 6.06. The van der Waals surface area contributed by atoms with Gasteiger partial charge in [-0.05, 0) is 38.5 Å². The van der Waals surface area contributed by atoms with Crippen LogP contribution >= 0.6 is 0 Å². The van der Waals surface area contributed by atoms with E-state index in [1.54, 1.807) is 0 Å². The molecule has 0 aromatic heterocycles. The SMILES string of the molecule is CCCCCCC[C@]1(C#N)CC[C@@H](C2OCC(CCC)CO2)CC1. The lowest BCUT2D eigenvalue weighted by molar-refractivity contribution is -0.231. The van der Waals surface area contributed by atoms with Gasteiger partial charge in [-0.1, -0.05) is 52.4 Å². The predicted octanol–water partition coefficient (Wildman–Crippen LogP) is 5.84. The van der Waals surface area contributed by atoms with Gasteiger partial charge < -0.3 is 9.47 Å². The van der Waals surface area contributed by atoms with Crippen molar-refractivity contribution in [2.75, 3.05) is 13.2 Å². The van der Waals surface area contributed by atoms with E-state index in [0.29, 0.717) is 11.8 Å². The zero-order valence-electron chi connectivity index (χ0n) is 15.9. The topological polar surface area (TPSA) is 42.2 Å². The highest BCUT2D eigenvalue weighted by molar-refractivity contribution is 5.01. The molecule has 0 spiro atoms. The van der Waals surface area contributed by atoms with Crippen molar-refractivity contribution in [2.24, 2.45) is 17.3 Å². The largest absolute Gasteiger partial charge is 0.352 e. The van der Waals surface area contributed by atoms with Crippen LogP contribution in [0.1, 0.15) is 90.9 Å². The van der Waals surface area contributed by atoms with Gasteiger partial charge in [0, 0.05) is 11.8 Å². The Morgan fingerprint density at radius 3 is 2.21 bits per heavy atom. The molecule has 0 unspecified atom stereocenters. The van der Waals surface area contributed by atoms with Crippen molar-refractivity contribution in [1.29, 1.82) is 5.26 Å². The summed E-state index contributed by atoms with van der Waals surface area (Å²) in [5, 5.41) is 9.72. The molecule has 0 radical (unpaired) electrons. The minimum Gasteiger partial charge on any atom is -0.352 e. The summed E-state index contributed by atoms with van der Waals surface area (Å²) >= 11 is 0. The lowest BCUT2D eigenvalue weighted by Crippen LogP contribution is -2.40. The fraction of sp³-hybridized carbons (Fsp3) is 0.952. The van der Waals surface area contributed by atoms with Crippen LogP contribution in [-0.2, 0) is 9.47 Å². The normalized spacial score (nSPS) is 34.0. The van der Waals surface area contributed by atoms with Crippen molar-refractivity contribution < 1.29 is 9.47 Å². The average molecular weight is 336 g/mol. The molecule has 0 amide bonds. The third-order valence-electron chi connectivity index (χ3n) is 6.06. The van der Waals surface area contributed by atoms with Crippen LogP contribution in [0.3, 0.4) is 0 Å². The van der Waals surface area contributed by atoms with Gasteiger partial charge in [-0.2, -0.15) is 5.26 Å². The van der Waals surface area contributed by atoms with Crippen LogP contribution < -0.4 is 0 Å². The summed E-state index contributed by atoms with van der Waals surface area (Å²) in [5.74, 6) is 1.07. The summed E-state index contributed by atoms with van der Waals surface area (Å²) in [5.41, 5.74) is -0.0673. The Morgan fingerprint density at radius 2 is 1.62 bits per heavy atom. The van der Waals surface area contributed by atoms with Crippen LogP contribution in [0.25, 0.3) is 0 Å². The Balaban J connectivity index is 1.70.